The van der Waals surface area contributed by atoms with Crippen molar-refractivity contribution in [3.63, 3.8) is 0 Å². The van der Waals surface area contributed by atoms with E-state index < -0.39 is 18.5 Å². The van der Waals surface area contributed by atoms with E-state index in [-0.39, 0.29) is 17.0 Å². The molecule has 8 heteroatoms. The van der Waals surface area contributed by atoms with Gasteiger partial charge in [0.15, 0.2) is 18.1 Å². The fraction of sp³-hybridized carbons (Fsp3) is 0.318. The van der Waals surface area contributed by atoms with E-state index >= 15 is 0 Å². The summed E-state index contributed by atoms with van der Waals surface area (Å²) in [5, 5.41) is 0. The third-order valence-electron chi connectivity index (χ3n) is 4.95. The van der Waals surface area contributed by atoms with Crippen LogP contribution in [0.3, 0.4) is 0 Å². The van der Waals surface area contributed by atoms with Crippen LogP contribution in [0.1, 0.15) is 31.8 Å². The highest BCUT2D eigenvalue weighted by Crippen LogP contribution is 2.33. The van der Waals surface area contributed by atoms with Gasteiger partial charge in [0, 0.05) is 13.1 Å². The molecule has 1 aliphatic rings. The number of ether oxygens (including phenoxy) is 4. The summed E-state index contributed by atoms with van der Waals surface area (Å²) in [6, 6.07) is 9.91. The van der Waals surface area contributed by atoms with Crippen LogP contribution in [0.2, 0.25) is 0 Å². The average Bonchev–Trinajstić information content (AvgIpc) is 2.80. The molecule has 158 valence electrons. The van der Waals surface area contributed by atoms with Gasteiger partial charge in [-0.1, -0.05) is 12.1 Å². The Morgan fingerprint density at radius 3 is 2.10 bits per heavy atom. The number of methoxy groups -OCH3 is 3. The molecule has 0 N–H and O–H groups in total. The van der Waals surface area contributed by atoms with Crippen LogP contribution in [0.15, 0.2) is 36.4 Å². The van der Waals surface area contributed by atoms with Crippen molar-refractivity contribution in [1.29, 1.82) is 0 Å². The first kappa shape index (κ1) is 21.2. The Morgan fingerprint density at radius 2 is 1.50 bits per heavy atom. The largest absolute Gasteiger partial charge is 0.493 e. The van der Waals surface area contributed by atoms with Gasteiger partial charge in [-0.3, -0.25) is 4.79 Å². The Bertz CT molecular complexity index is 970. The lowest BCUT2D eigenvalue weighted by molar-refractivity contribution is -0.135. The predicted octanol–water partition coefficient (Wildman–Crippen LogP) is 2.23. The number of carbonyl (C=O) groups is 3. The van der Waals surface area contributed by atoms with E-state index in [4.69, 9.17) is 14.2 Å². The first-order valence-corrected chi connectivity index (χ1v) is 9.34. The lowest BCUT2D eigenvalue weighted by Gasteiger charge is -2.29. The molecular weight excluding hydrogens is 390 g/mol. The van der Waals surface area contributed by atoms with Crippen LogP contribution in [0.4, 0.5) is 0 Å². The average molecular weight is 413 g/mol. The van der Waals surface area contributed by atoms with E-state index in [0.29, 0.717) is 31.0 Å². The summed E-state index contributed by atoms with van der Waals surface area (Å²) in [5.74, 6) is -0.482. The summed E-state index contributed by atoms with van der Waals surface area (Å²) < 4.78 is 20.5. The highest BCUT2D eigenvalue weighted by molar-refractivity contribution is 6.03. The summed E-state index contributed by atoms with van der Waals surface area (Å²) in [6.45, 7) is 0.458. The van der Waals surface area contributed by atoms with Crippen molar-refractivity contribution in [2.75, 3.05) is 34.5 Å². The molecule has 0 fully saturated rings. The fourth-order valence-electron chi connectivity index (χ4n) is 3.34. The molecule has 30 heavy (non-hydrogen) atoms. The Morgan fingerprint density at radius 1 is 0.900 bits per heavy atom. The lowest BCUT2D eigenvalue weighted by Crippen LogP contribution is -2.38. The van der Waals surface area contributed by atoms with Crippen LogP contribution in [0.5, 0.6) is 11.5 Å². The maximum Gasteiger partial charge on any atom is 0.339 e. The molecule has 1 heterocycles. The van der Waals surface area contributed by atoms with Gasteiger partial charge in [0.05, 0.1) is 32.5 Å². The number of rotatable bonds is 6. The highest BCUT2D eigenvalue weighted by Gasteiger charge is 2.25. The van der Waals surface area contributed by atoms with Gasteiger partial charge >= 0.3 is 11.9 Å². The predicted molar refractivity (Wildman–Crippen MR) is 107 cm³/mol. The third-order valence-corrected chi connectivity index (χ3v) is 4.95. The van der Waals surface area contributed by atoms with Crippen LogP contribution in [-0.4, -0.2) is 57.2 Å². The summed E-state index contributed by atoms with van der Waals surface area (Å²) in [5.41, 5.74) is 2.18. The molecule has 3 rings (SSSR count). The number of amides is 1. The zero-order chi connectivity index (χ0) is 21.7. The molecule has 0 spiro atoms. The number of esters is 2. The van der Waals surface area contributed by atoms with E-state index in [1.54, 1.807) is 31.3 Å². The first-order chi connectivity index (χ1) is 14.5. The van der Waals surface area contributed by atoms with Crippen molar-refractivity contribution in [2.24, 2.45) is 0 Å². The highest BCUT2D eigenvalue weighted by atomic mass is 16.5. The van der Waals surface area contributed by atoms with E-state index in [1.807, 2.05) is 12.1 Å². The summed E-state index contributed by atoms with van der Waals surface area (Å²) in [4.78, 5) is 38.4. The van der Waals surface area contributed by atoms with Gasteiger partial charge in [0.2, 0.25) is 0 Å². The number of fused-ring (bicyclic) bond motifs is 1. The zero-order valence-corrected chi connectivity index (χ0v) is 17.1. The Labute approximate surface area is 174 Å². The summed E-state index contributed by atoms with van der Waals surface area (Å²) in [6.07, 6.45) is 0.653. The summed E-state index contributed by atoms with van der Waals surface area (Å²) in [7, 11) is 4.37. The smallest absolute Gasteiger partial charge is 0.339 e. The molecule has 0 bridgehead atoms. The van der Waals surface area contributed by atoms with Crippen LogP contribution in [0, 0.1) is 0 Å². The van der Waals surface area contributed by atoms with Gasteiger partial charge in [-0.15, -0.1) is 0 Å². The minimum Gasteiger partial charge on any atom is -0.493 e. The second-order valence-electron chi connectivity index (χ2n) is 6.65. The van der Waals surface area contributed by atoms with Crippen molar-refractivity contribution in [1.82, 2.24) is 4.90 Å². The van der Waals surface area contributed by atoms with Gasteiger partial charge in [0.1, 0.15) is 0 Å². The quantitative estimate of drug-likeness (QED) is 0.671. The molecule has 0 radical (unpaired) electrons. The molecule has 0 saturated carbocycles. The molecule has 0 atom stereocenters. The van der Waals surface area contributed by atoms with E-state index in [2.05, 4.69) is 4.74 Å². The molecule has 1 aliphatic heterocycles. The molecular formula is C22H23NO7. The van der Waals surface area contributed by atoms with Crippen molar-refractivity contribution in [3.05, 3.63) is 58.7 Å². The van der Waals surface area contributed by atoms with Gasteiger partial charge in [0.25, 0.3) is 5.91 Å². The van der Waals surface area contributed by atoms with Crippen molar-refractivity contribution in [2.45, 2.75) is 13.0 Å². The molecule has 0 aliphatic carbocycles. The second kappa shape index (κ2) is 9.30. The van der Waals surface area contributed by atoms with Crippen LogP contribution < -0.4 is 9.47 Å². The van der Waals surface area contributed by atoms with E-state index in [1.165, 1.54) is 19.2 Å². The molecule has 0 saturated heterocycles. The second-order valence-corrected chi connectivity index (χ2v) is 6.65. The minimum absolute atomic E-state index is 0.0537. The van der Waals surface area contributed by atoms with Gasteiger partial charge < -0.3 is 23.8 Å². The molecule has 0 unspecified atom stereocenters. The number of hydrogen-bond donors (Lipinski definition) is 0. The van der Waals surface area contributed by atoms with Gasteiger partial charge in [-0.05, 0) is 41.8 Å². The maximum atomic E-state index is 12.6. The zero-order valence-electron chi connectivity index (χ0n) is 17.1. The van der Waals surface area contributed by atoms with Gasteiger partial charge in [-0.25, -0.2) is 9.59 Å². The normalized spacial score (nSPS) is 12.6. The van der Waals surface area contributed by atoms with E-state index in [9.17, 15) is 14.4 Å². The minimum atomic E-state index is -0.756. The van der Waals surface area contributed by atoms with Crippen LogP contribution >= 0.6 is 0 Å². The Balaban J connectivity index is 1.66. The molecule has 0 aromatic heterocycles. The number of benzene rings is 2. The monoisotopic (exact) mass is 413 g/mol. The van der Waals surface area contributed by atoms with Crippen molar-refractivity contribution in [3.8, 4) is 11.5 Å². The third kappa shape index (κ3) is 4.37. The molecule has 2 aromatic carbocycles. The Hall–Kier alpha value is -3.55. The topological polar surface area (TPSA) is 91.4 Å². The number of nitrogens with zero attached hydrogens (tertiary/aromatic N) is 1. The maximum absolute atomic E-state index is 12.6. The SMILES string of the molecule is COC(=O)c1ccccc1C(=O)OCC(=O)N1CCc2cc(OC)c(OC)cc2C1. The van der Waals surface area contributed by atoms with E-state index in [0.717, 1.165) is 11.1 Å². The summed E-state index contributed by atoms with van der Waals surface area (Å²) >= 11 is 0. The molecule has 1 amide bonds. The number of hydrogen-bond acceptors (Lipinski definition) is 7. The number of carbonyl (C=O) groups excluding carboxylic acids is 3. The first-order valence-electron chi connectivity index (χ1n) is 9.34. The lowest BCUT2D eigenvalue weighted by atomic mass is 9.99. The van der Waals surface area contributed by atoms with Crippen LogP contribution in [0.25, 0.3) is 0 Å². The molecule has 8 nitrogen and oxygen atoms in total. The fourth-order valence-corrected chi connectivity index (χ4v) is 3.34. The van der Waals surface area contributed by atoms with Crippen molar-refractivity contribution >= 4 is 17.8 Å². The van der Waals surface area contributed by atoms with Crippen molar-refractivity contribution < 1.29 is 33.3 Å². The standard InChI is InChI=1S/C22H23NO7/c1-27-18-10-14-8-9-23(12-15(14)11-19(18)28-2)20(24)13-30-22(26)17-7-5-4-6-16(17)21(25)29-3/h4-7,10-11H,8-9,12-13H2,1-3H3. The van der Waals surface area contributed by atoms with Gasteiger partial charge in [-0.2, -0.15) is 0 Å². The molecule has 2 aromatic rings. The van der Waals surface area contributed by atoms with Crippen LogP contribution in [-0.2, 0) is 27.2 Å². The Kier molecular flexibility index (Phi) is 6.56.